The molecule has 0 spiro atoms. The largest absolute Gasteiger partial charge is 0.490 e. The minimum Gasteiger partial charge on any atom is -0.490 e. The second-order valence-corrected chi connectivity index (χ2v) is 5.77. The van der Waals surface area contributed by atoms with Crippen LogP contribution < -0.4 is 14.8 Å². The van der Waals surface area contributed by atoms with Crippen LogP contribution in [0.2, 0.25) is 0 Å². The zero-order chi connectivity index (χ0) is 14.4. The number of hydrogen-bond acceptors (Lipinski definition) is 4. The first-order valence-corrected chi connectivity index (χ1v) is 8.28. The van der Waals surface area contributed by atoms with Gasteiger partial charge in [0, 0.05) is 18.6 Å². The van der Waals surface area contributed by atoms with Gasteiger partial charge in [-0.3, -0.25) is 4.79 Å². The molecular formula is C15H21NO3S. The molecule has 1 aliphatic rings. The van der Waals surface area contributed by atoms with E-state index in [0.717, 1.165) is 29.2 Å². The number of benzene rings is 1. The van der Waals surface area contributed by atoms with Crippen LogP contribution in [-0.4, -0.2) is 31.1 Å². The van der Waals surface area contributed by atoms with E-state index < -0.39 is 0 Å². The van der Waals surface area contributed by atoms with Crippen LogP contribution in [-0.2, 0) is 4.79 Å². The van der Waals surface area contributed by atoms with E-state index in [-0.39, 0.29) is 11.9 Å². The Morgan fingerprint density at radius 3 is 2.85 bits per heavy atom. The third kappa shape index (κ3) is 4.07. The molecule has 0 fully saturated rings. The fourth-order valence-corrected chi connectivity index (χ4v) is 2.43. The lowest BCUT2D eigenvalue weighted by molar-refractivity contribution is -0.121. The summed E-state index contributed by atoms with van der Waals surface area (Å²) in [4.78, 5) is 11.7. The molecule has 1 N–H and O–H groups in total. The second kappa shape index (κ2) is 7.43. The summed E-state index contributed by atoms with van der Waals surface area (Å²) in [6, 6.07) is 5.83. The van der Waals surface area contributed by atoms with Gasteiger partial charge in [0.25, 0.3) is 0 Å². The Balaban J connectivity index is 2.01. The lowest BCUT2D eigenvalue weighted by Crippen LogP contribution is -2.26. The number of rotatable bonds is 5. The van der Waals surface area contributed by atoms with Gasteiger partial charge in [-0.15, -0.1) is 0 Å². The van der Waals surface area contributed by atoms with E-state index in [2.05, 4.69) is 5.32 Å². The Morgan fingerprint density at radius 2 is 2.10 bits per heavy atom. The molecular weight excluding hydrogens is 274 g/mol. The highest BCUT2D eigenvalue weighted by Crippen LogP contribution is 2.32. The molecule has 20 heavy (non-hydrogen) atoms. The highest BCUT2D eigenvalue weighted by Gasteiger charge is 2.14. The summed E-state index contributed by atoms with van der Waals surface area (Å²) in [6.07, 6.45) is 3.45. The SMILES string of the molecule is CSCCC(=O)N[C@H](C)c1ccc2c(c1)OCCCO2. The Kier molecular flexibility index (Phi) is 5.59. The molecule has 1 atom stereocenters. The van der Waals surface area contributed by atoms with Crippen molar-refractivity contribution < 1.29 is 14.3 Å². The molecule has 0 unspecified atom stereocenters. The maximum Gasteiger partial charge on any atom is 0.221 e. The summed E-state index contributed by atoms with van der Waals surface area (Å²) in [7, 11) is 0. The van der Waals surface area contributed by atoms with Gasteiger partial charge in [-0.1, -0.05) is 6.07 Å². The van der Waals surface area contributed by atoms with Crippen molar-refractivity contribution in [1.82, 2.24) is 5.32 Å². The lowest BCUT2D eigenvalue weighted by Gasteiger charge is -2.16. The van der Waals surface area contributed by atoms with Gasteiger partial charge in [-0.05, 0) is 30.9 Å². The standard InChI is InChI=1S/C15H21NO3S/c1-11(16-15(17)6-9-20-2)12-4-5-13-14(10-12)19-8-3-7-18-13/h4-5,10-11H,3,6-9H2,1-2H3,(H,16,17)/t11-/m1/s1. The van der Waals surface area contributed by atoms with Gasteiger partial charge in [0.1, 0.15) is 0 Å². The van der Waals surface area contributed by atoms with Crippen LogP contribution in [0.1, 0.15) is 31.4 Å². The van der Waals surface area contributed by atoms with E-state index in [1.54, 1.807) is 11.8 Å². The molecule has 1 heterocycles. The number of ether oxygens (including phenoxy) is 2. The Labute approximate surface area is 124 Å². The van der Waals surface area contributed by atoms with Crippen molar-refractivity contribution in [2.24, 2.45) is 0 Å². The molecule has 110 valence electrons. The summed E-state index contributed by atoms with van der Waals surface area (Å²) < 4.78 is 11.3. The maximum absolute atomic E-state index is 11.7. The first-order valence-electron chi connectivity index (χ1n) is 6.88. The average Bonchev–Trinajstić information content (AvgIpc) is 2.69. The van der Waals surface area contributed by atoms with E-state index >= 15 is 0 Å². The van der Waals surface area contributed by atoms with Gasteiger partial charge in [0.2, 0.25) is 5.91 Å². The fraction of sp³-hybridized carbons (Fsp3) is 0.533. The third-order valence-corrected chi connectivity index (χ3v) is 3.79. The summed E-state index contributed by atoms with van der Waals surface area (Å²) in [5, 5.41) is 3.00. The van der Waals surface area contributed by atoms with Gasteiger partial charge in [0.05, 0.1) is 19.3 Å². The van der Waals surface area contributed by atoms with Crippen molar-refractivity contribution in [3.63, 3.8) is 0 Å². The maximum atomic E-state index is 11.7. The van der Waals surface area contributed by atoms with Gasteiger partial charge in [-0.2, -0.15) is 11.8 Å². The molecule has 0 aromatic heterocycles. The van der Waals surface area contributed by atoms with E-state index in [1.807, 2.05) is 31.4 Å². The van der Waals surface area contributed by atoms with E-state index in [9.17, 15) is 4.79 Å². The van der Waals surface area contributed by atoms with Gasteiger partial charge < -0.3 is 14.8 Å². The summed E-state index contributed by atoms with van der Waals surface area (Å²) in [5.74, 6) is 2.48. The molecule has 0 aliphatic carbocycles. The number of carbonyl (C=O) groups is 1. The van der Waals surface area contributed by atoms with Crippen LogP contribution in [0.25, 0.3) is 0 Å². The first-order chi connectivity index (χ1) is 9.70. The lowest BCUT2D eigenvalue weighted by atomic mass is 10.1. The van der Waals surface area contributed by atoms with Gasteiger partial charge in [0.15, 0.2) is 11.5 Å². The van der Waals surface area contributed by atoms with E-state index in [4.69, 9.17) is 9.47 Å². The molecule has 0 saturated heterocycles. The highest BCUT2D eigenvalue weighted by atomic mass is 32.2. The van der Waals surface area contributed by atoms with Crippen LogP contribution in [0.5, 0.6) is 11.5 Å². The van der Waals surface area contributed by atoms with Crippen LogP contribution >= 0.6 is 11.8 Å². The highest BCUT2D eigenvalue weighted by molar-refractivity contribution is 7.98. The van der Waals surface area contributed by atoms with Crippen LogP contribution in [0, 0.1) is 0 Å². The molecule has 1 aliphatic heterocycles. The normalized spacial score (nSPS) is 15.3. The minimum atomic E-state index is -0.0264. The van der Waals surface area contributed by atoms with E-state index in [0.29, 0.717) is 19.6 Å². The predicted molar refractivity (Wildman–Crippen MR) is 81.6 cm³/mol. The predicted octanol–water partition coefficient (Wildman–Crippen LogP) is 2.78. The Morgan fingerprint density at radius 1 is 1.35 bits per heavy atom. The molecule has 0 saturated carbocycles. The Bertz CT molecular complexity index is 464. The smallest absolute Gasteiger partial charge is 0.221 e. The van der Waals surface area contributed by atoms with Gasteiger partial charge in [-0.25, -0.2) is 0 Å². The topological polar surface area (TPSA) is 47.6 Å². The molecule has 1 aromatic carbocycles. The molecule has 1 aromatic rings. The van der Waals surface area contributed by atoms with Crippen molar-refractivity contribution >= 4 is 17.7 Å². The van der Waals surface area contributed by atoms with Crippen molar-refractivity contribution in [3.8, 4) is 11.5 Å². The number of thioether (sulfide) groups is 1. The first kappa shape index (κ1) is 15.0. The third-order valence-electron chi connectivity index (χ3n) is 3.18. The molecule has 0 radical (unpaired) electrons. The second-order valence-electron chi connectivity index (χ2n) is 4.79. The van der Waals surface area contributed by atoms with Crippen molar-refractivity contribution in [2.45, 2.75) is 25.8 Å². The van der Waals surface area contributed by atoms with Crippen LogP contribution in [0.3, 0.4) is 0 Å². The van der Waals surface area contributed by atoms with Crippen LogP contribution in [0.4, 0.5) is 0 Å². The minimum absolute atomic E-state index is 0.0264. The number of hydrogen-bond donors (Lipinski definition) is 1. The summed E-state index contributed by atoms with van der Waals surface area (Å²) in [6.45, 7) is 3.34. The number of fused-ring (bicyclic) bond motifs is 1. The zero-order valence-corrected chi connectivity index (χ0v) is 12.8. The average molecular weight is 295 g/mol. The zero-order valence-electron chi connectivity index (χ0n) is 12.0. The van der Waals surface area contributed by atoms with Crippen molar-refractivity contribution in [3.05, 3.63) is 23.8 Å². The fourth-order valence-electron chi connectivity index (χ4n) is 2.04. The van der Waals surface area contributed by atoms with Crippen LogP contribution in [0.15, 0.2) is 18.2 Å². The van der Waals surface area contributed by atoms with Gasteiger partial charge >= 0.3 is 0 Å². The van der Waals surface area contributed by atoms with E-state index in [1.165, 1.54) is 0 Å². The molecule has 1 amide bonds. The van der Waals surface area contributed by atoms with Crippen molar-refractivity contribution in [2.75, 3.05) is 25.2 Å². The molecule has 5 heteroatoms. The Hall–Kier alpha value is -1.36. The summed E-state index contributed by atoms with van der Waals surface area (Å²) >= 11 is 1.68. The monoisotopic (exact) mass is 295 g/mol. The van der Waals surface area contributed by atoms with Crippen molar-refractivity contribution in [1.29, 1.82) is 0 Å². The summed E-state index contributed by atoms with van der Waals surface area (Å²) in [5.41, 5.74) is 1.03. The quantitative estimate of drug-likeness (QED) is 0.907. The number of carbonyl (C=O) groups excluding carboxylic acids is 1. The number of nitrogens with one attached hydrogen (secondary N) is 1. The molecule has 0 bridgehead atoms. The number of amides is 1. The molecule has 2 rings (SSSR count). The molecule has 4 nitrogen and oxygen atoms in total.